The number of alkyl carbamates (subject to hydrolysis) is 1. The Morgan fingerprint density at radius 3 is 2.30 bits per heavy atom. The number of carbonyl (C=O) groups is 2. The Bertz CT molecular complexity index is 519. The summed E-state index contributed by atoms with van der Waals surface area (Å²) in [5.41, 5.74) is -0.570. The van der Waals surface area contributed by atoms with Gasteiger partial charge in [-0.05, 0) is 39.5 Å². The van der Waals surface area contributed by atoms with Gasteiger partial charge in [0.05, 0.1) is 5.75 Å². The Kier molecular flexibility index (Phi) is 6.82. The van der Waals surface area contributed by atoms with Crippen molar-refractivity contribution in [3.8, 4) is 0 Å². The lowest BCUT2D eigenvalue weighted by Gasteiger charge is -2.31. The number of sulfonamides is 1. The molecule has 0 aliphatic carbocycles. The van der Waals surface area contributed by atoms with Gasteiger partial charge in [0.2, 0.25) is 15.9 Å². The van der Waals surface area contributed by atoms with Crippen molar-refractivity contribution in [2.24, 2.45) is 11.1 Å². The highest BCUT2D eigenvalue weighted by atomic mass is 32.2. The van der Waals surface area contributed by atoms with E-state index in [9.17, 15) is 18.0 Å². The van der Waals surface area contributed by atoms with Crippen molar-refractivity contribution in [3.05, 3.63) is 0 Å². The number of nitrogens with zero attached hydrogens (tertiary/aromatic N) is 1. The fourth-order valence-electron chi connectivity index (χ4n) is 2.42. The minimum Gasteiger partial charge on any atom is -0.444 e. The monoisotopic (exact) mass is 349 g/mol. The molecule has 2 amide bonds. The summed E-state index contributed by atoms with van der Waals surface area (Å²) in [5.74, 6) is -0.0843. The summed E-state index contributed by atoms with van der Waals surface area (Å²) in [7, 11) is -3.47. The normalized spacial score (nSPS) is 17.0. The van der Waals surface area contributed by atoms with Gasteiger partial charge in [-0.3, -0.25) is 4.79 Å². The molecule has 1 fully saturated rings. The Balaban J connectivity index is 2.26. The lowest BCUT2D eigenvalue weighted by molar-refractivity contribution is -0.132. The molecule has 0 saturated carbocycles. The minimum atomic E-state index is -3.47. The van der Waals surface area contributed by atoms with E-state index in [-0.39, 0.29) is 30.5 Å². The first-order valence-corrected chi connectivity index (χ1v) is 9.43. The Hall–Kier alpha value is -1.35. The lowest BCUT2D eigenvalue weighted by atomic mass is 9.99. The number of ether oxygens (including phenoxy) is 1. The number of piperidine rings is 1. The van der Waals surface area contributed by atoms with Crippen LogP contribution >= 0.6 is 0 Å². The molecule has 8 nitrogen and oxygen atoms in total. The number of rotatable bonds is 5. The highest BCUT2D eigenvalue weighted by Crippen LogP contribution is 2.18. The van der Waals surface area contributed by atoms with Crippen LogP contribution in [-0.2, 0) is 19.6 Å². The quantitative estimate of drug-likeness (QED) is 0.746. The SMILES string of the molecule is CC(C)(C)OC(=O)NCCC(=O)N1CCC(CS(N)(=O)=O)CC1. The number of hydrogen-bond donors (Lipinski definition) is 2. The van der Waals surface area contributed by atoms with E-state index in [1.807, 2.05) is 0 Å². The van der Waals surface area contributed by atoms with Crippen LogP contribution in [-0.4, -0.2) is 56.3 Å². The van der Waals surface area contributed by atoms with Crippen molar-refractivity contribution in [3.63, 3.8) is 0 Å². The van der Waals surface area contributed by atoms with Gasteiger partial charge in [0.25, 0.3) is 0 Å². The fourth-order valence-corrected chi connectivity index (χ4v) is 3.41. The van der Waals surface area contributed by atoms with Crippen LogP contribution in [0.4, 0.5) is 4.79 Å². The third-order valence-corrected chi connectivity index (χ3v) is 4.38. The standard InChI is InChI=1S/C14H27N3O5S/c1-14(2,3)22-13(19)16-7-4-12(18)17-8-5-11(6-9-17)10-23(15,20)21/h11H,4-10H2,1-3H3,(H,16,19)(H2,15,20,21). The zero-order valence-electron chi connectivity index (χ0n) is 14.0. The predicted molar refractivity (Wildman–Crippen MR) is 86.1 cm³/mol. The van der Waals surface area contributed by atoms with Crippen LogP contribution in [0.15, 0.2) is 0 Å². The molecule has 1 rings (SSSR count). The number of nitrogens with two attached hydrogens (primary N) is 1. The Morgan fingerprint density at radius 2 is 1.83 bits per heavy atom. The molecule has 0 aromatic carbocycles. The topological polar surface area (TPSA) is 119 Å². The van der Waals surface area contributed by atoms with Crippen LogP contribution in [0.25, 0.3) is 0 Å². The van der Waals surface area contributed by atoms with Gasteiger partial charge < -0.3 is 15.0 Å². The van der Waals surface area contributed by atoms with E-state index in [1.165, 1.54) is 0 Å². The summed E-state index contributed by atoms with van der Waals surface area (Å²) in [4.78, 5) is 25.2. The van der Waals surface area contributed by atoms with E-state index in [1.54, 1.807) is 25.7 Å². The van der Waals surface area contributed by atoms with Crippen LogP contribution < -0.4 is 10.5 Å². The molecule has 0 aromatic heterocycles. The molecule has 0 bridgehead atoms. The molecule has 1 aliphatic heterocycles. The van der Waals surface area contributed by atoms with Gasteiger partial charge in [0.15, 0.2) is 0 Å². The van der Waals surface area contributed by atoms with Crippen molar-refractivity contribution >= 4 is 22.0 Å². The second-order valence-corrected chi connectivity index (χ2v) is 8.49. The van der Waals surface area contributed by atoms with Crippen molar-refractivity contribution in [2.45, 2.75) is 45.6 Å². The van der Waals surface area contributed by atoms with E-state index in [2.05, 4.69) is 5.32 Å². The first-order chi connectivity index (χ1) is 10.5. The molecular weight excluding hydrogens is 322 g/mol. The molecule has 1 aliphatic rings. The van der Waals surface area contributed by atoms with E-state index in [4.69, 9.17) is 9.88 Å². The summed E-state index contributed by atoms with van der Waals surface area (Å²) in [6.45, 7) is 6.55. The Labute approximate surface area is 137 Å². The number of carbonyl (C=O) groups excluding carboxylic acids is 2. The van der Waals surface area contributed by atoms with E-state index in [0.717, 1.165) is 0 Å². The molecule has 0 unspecified atom stereocenters. The maximum Gasteiger partial charge on any atom is 0.407 e. The lowest BCUT2D eigenvalue weighted by Crippen LogP contribution is -2.42. The molecule has 0 radical (unpaired) electrons. The first kappa shape index (κ1) is 19.7. The molecular formula is C14H27N3O5S. The van der Waals surface area contributed by atoms with Crippen LogP contribution in [0.3, 0.4) is 0 Å². The number of hydrogen-bond acceptors (Lipinski definition) is 5. The van der Waals surface area contributed by atoms with Crippen molar-refractivity contribution in [1.29, 1.82) is 0 Å². The largest absolute Gasteiger partial charge is 0.444 e. The molecule has 0 atom stereocenters. The van der Waals surface area contributed by atoms with Gasteiger partial charge >= 0.3 is 6.09 Å². The third-order valence-electron chi connectivity index (χ3n) is 3.44. The summed E-state index contributed by atoms with van der Waals surface area (Å²) >= 11 is 0. The van der Waals surface area contributed by atoms with E-state index < -0.39 is 21.7 Å². The van der Waals surface area contributed by atoms with E-state index in [0.29, 0.717) is 25.9 Å². The minimum absolute atomic E-state index is 0.00828. The molecule has 0 aromatic rings. The predicted octanol–water partition coefficient (Wildman–Crippen LogP) is 0.428. The summed E-state index contributed by atoms with van der Waals surface area (Å²) < 4.78 is 27.2. The van der Waals surface area contributed by atoms with Gasteiger partial charge in [-0.15, -0.1) is 0 Å². The average molecular weight is 349 g/mol. The number of primary sulfonamides is 1. The van der Waals surface area contributed by atoms with Gasteiger partial charge in [0.1, 0.15) is 5.60 Å². The molecule has 9 heteroatoms. The van der Waals surface area contributed by atoms with Gasteiger partial charge in [-0.2, -0.15) is 0 Å². The van der Waals surface area contributed by atoms with Gasteiger partial charge in [-0.25, -0.2) is 18.4 Å². The van der Waals surface area contributed by atoms with Crippen LogP contribution in [0.2, 0.25) is 0 Å². The molecule has 134 valence electrons. The third kappa shape index (κ3) is 8.75. The number of amides is 2. The van der Waals surface area contributed by atoms with Crippen molar-refractivity contribution < 1.29 is 22.7 Å². The van der Waals surface area contributed by atoms with Gasteiger partial charge in [-0.1, -0.05) is 0 Å². The molecule has 3 N–H and O–H groups in total. The summed E-state index contributed by atoms with van der Waals surface area (Å²) in [6, 6.07) is 0. The molecule has 23 heavy (non-hydrogen) atoms. The van der Waals surface area contributed by atoms with E-state index >= 15 is 0 Å². The molecule has 0 spiro atoms. The number of likely N-dealkylation sites (tertiary alicyclic amines) is 1. The zero-order valence-corrected chi connectivity index (χ0v) is 14.8. The van der Waals surface area contributed by atoms with Crippen molar-refractivity contribution in [2.75, 3.05) is 25.4 Å². The van der Waals surface area contributed by atoms with Crippen molar-refractivity contribution in [1.82, 2.24) is 10.2 Å². The number of nitrogens with one attached hydrogen (secondary N) is 1. The van der Waals surface area contributed by atoms with Crippen LogP contribution in [0.1, 0.15) is 40.0 Å². The van der Waals surface area contributed by atoms with Crippen LogP contribution in [0.5, 0.6) is 0 Å². The highest BCUT2D eigenvalue weighted by molar-refractivity contribution is 7.89. The maximum absolute atomic E-state index is 12.0. The first-order valence-electron chi connectivity index (χ1n) is 7.71. The van der Waals surface area contributed by atoms with Gasteiger partial charge in [0, 0.05) is 26.1 Å². The summed E-state index contributed by atoms with van der Waals surface area (Å²) in [5, 5.41) is 7.58. The van der Waals surface area contributed by atoms with Crippen LogP contribution in [0, 0.1) is 5.92 Å². The maximum atomic E-state index is 12.0. The smallest absolute Gasteiger partial charge is 0.407 e. The fraction of sp³-hybridized carbons (Fsp3) is 0.857. The molecule has 1 heterocycles. The second-order valence-electron chi connectivity index (χ2n) is 6.83. The average Bonchev–Trinajstić information content (AvgIpc) is 2.35. The molecule has 1 saturated heterocycles. The highest BCUT2D eigenvalue weighted by Gasteiger charge is 2.25. The summed E-state index contributed by atoms with van der Waals surface area (Å²) in [6.07, 6.45) is 0.903. The zero-order chi connectivity index (χ0) is 17.7. The Morgan fingerprint density at radius 1 is 1.26 bits per heavy atom. The second kappa shape index (κ2) is 7.96.